The third-order valence-electron chi connectivity index (χ3n) is 3.82. The number of halogens is 2. The Morgan fingerprint density at radius 3 is 2.48 bits per heavy atom. The summed E-state index contributed by atoms with van der Waals surface area (Å²) >= 11 is 9.79. The van der Waals surface area contributed by atoms with Gasteiger partial charge in [-0.05, 0) is 52.0 Å². The molecule has 0 saturated heterocycles. The largest absolute Gasteiger partial charge is 0.513 e. The Kier molecular flexibility index (Phi) is 7.14. The summed E-state index contributed by atoms with van der Waals surface area (Å²) in [5.41, 5.74) is 2.89. The zero-order valence-corrected chi connectivity index (χ0v) is 16.7. The van der Waals surface area contributed by atoms with E-state index in [1.54, 1.807) is 12.1 Å². The number of ether oxygens (including phenoxy) is 3. The third-order valence-corrected chi connectivity index (χ3v) is 4.80. The second-order valence-corrected chi connectivity index (χ2v) is 6.58. The van der Waals surface area contributed by atoms with Gasteiger partial charge in [0.15, 0.2) is 0 Å². The first-order valence-electron chi connectivity index (χ1n) is 7.97. The summed E-state index contributed by atoms with van der Waals surface area (Å²) in [4.78, 5) is 11.5. The van der Waals surface area contributed by atoms with Gasteiger partial charge in [0.05, 0.1) is 11.6 Å². The van der Waals surface area contributed by atoms with E-state index in [1.165, 1.54) is 7.11 Å². The topological polar surface area (TPSA) is 44.8 Å². The minimum atomic E-state index is -0.758. The van der Waals surface area contributed by atoms with Gasteiger partial charge in [-0.1, -0.05) is 37.6 Å². The predicted octanol–water partition coefficient (Wildman–Crippen LogP) is 5.95. The lowest BCUT2D eigenvalue weighted by Crippen LogP contribution is -2.11. The second kappa shape index (κ2) is 9.11. The molecule has 0 bridgehead atoms. The molecule has 0 saturated carbocycles. The minimum absolute atomic E-state index is 0.247. The van der Waals surface area contributed by atoms with E-state index < -0.39 is 6.16 Å². The molecule has 0 unspecified atom stereocenters. The molecule has 0 fully saturated rings. The highest BCUT2D eigenvalue weighted by atomic mass is 79.9. The molecule has 0 aliphatic carbocycles. The molecule has 0 heterocycles. The standard InChI is InChI=1S/C19H20BrClO4/c1-4-12-7-6-8-17(25-19(22)23-3)14(12)11-24-18-10-16(21)13(5-2)9-15(18)20/h6-10H,4-5,11H2,1-3H3. The molecule has 0 radical (unpaired) electrons. The van der Waals surface area contributed by atoms with Crippen molar-refractivity contribution in [2.24, 2.45) is 0 Å². The normalized spacial score (nSPS) is 10.4. The van der Waals surface area contributed by atoms with Crippen LogP contribution in [0.1, 0.15) is 30.5 Å². The van der Waals surface area contributed by atoms with Gasteiger partial charge in [-0.2, -0.15) is 0 Å². The van der Waals surface area contributed by atoms with Crippen LogP contribution in [-0.4, -0.2) is 13.3 Å². The summed E-state index contributed by atoms with van der Waals surface area (Å²) in [6, 6.07) is 9.28. The monoisotopic (exact) mass is 426 g/mol. The molecular weight excluding hydrogens is 408 g/mol. The van der Waals surface area contributed by atoms with Crippen LogP contribution in [0.25, 0.3) is 0 Å². The fraction of sp³-hybridized carbons (Fsp3) is 0.316. The average molecular weight is 428 g/mol. The Labute approximate surface area is 161 Å². The Morgan fingerprint density at radius 1 is 1.12 bits per heavy atom. The zero-order chi connectivity index (χ0) is 18.4. The number of aryl methyl sites for hydroxylation is 2. The van der Waals surface area contributed by atoms with Crippen LogP contribution in [-0.2, 0) is 24.2 Å². The third kappa shape index (κ3) is 4.89. The van der Waals surface area contributed by atoms with E-state index in [0.717, 1.165) is 34.0 Å². The number of hydrogen-bond donors (Lipinski definition) is 0. The van der Waals surface area contributed by atoms with Gasteiger partial charge in [-0.3, -0.25) is 0 Å². The fourth-order valence-electron chi connectivity index (χ4n) is 2.43. The number of carbonyl (C=O) groups excluding carboxylic acids is 1. The maximum Gasteiger partial charge on any atom is 0.513 e. The molecule has 0 aliphatic rings. The van der Waals surface area contributed by atoms with E-state index >= 15 is 0 Å². The van der Waals surface area contributed by atoms with Crippen molar-refractivity contribution in [1.29, 1.82) is 0 Å². The van der Waals surface area contributed by atoms with Crippen molar-refractivity contribution < 1.29 is 19.0 Å². The maximum atomic E-state index is 11.5. The molecule has 0 atom stereocenters. The number of hydrogen-bond acceptors (Lipinski definition) is 4. The van der Waals surface area contributed by atoms with E-state index in [0.29, 0.717) is 16.5 Å². The van der Waals surface area contributed by atoms with Crippen LogP contribution < -0.4 is 9.47 Å². The van der Waals surface area contributed by atoms with Gasteiger partial charge in [-0.15, -0.1) is 0 Å². The first-order chi connectivity index (χ1) is 12.0. The van der Waals surface area contributed by atoms with E-state index in [4.69, 9.17) is 21.1 Å². The summed E-state index contributed by atoms with van der Waals surface area (Å²) in [5.74, 6) is 1.07. The van der Waals surface area contributed by atoms with Crippen molar-refractivity contribution in [2.45, 2.75) is 33.3 Å². The Morgan fingerprint density at radius 2 is 1.84 bits per heavy atom. The van der Waals surface area contributed by atoms with Crippen LogP contribution in [0, 0.1) is 0 Å². The van der Waals surface area contributed by atoms with E-state index in [9.17, 15) is 4.79 Å². The summed E-state index contributed by atoms with van der Waals surface area (Å²) in [5, 5.41) is 0.663. The van der Waals surface area contributed by atoms with Crippen LogP contribution in [0.3, 0.4) is 0 Å². The van der Waals surface area contributed by atoms with Crippen molar-refractivity contribution in [3.63, 3.8) is 0 Å². The molecule has 6 heteroatoms. The quantitative estimate of drug-likeness (QED) is 0.422. The highest BCUT2D eigenvalue weighted by Gasteiger charge is 2.15. The predicted molar refractivity (Wildman–Crippen MR) is 102 cm³/mol. The van der Waals surface area contributed by atoms with Gasteiger partial charge >= 0.3 is 6.16 Å². The lowest BCUT2D eigenvalue weighted by atomic mass is 10.0. The van der Waals surface area contributed by atoms with Gasteiger partial charge in [0.1, 0.15) is 18.1 Å². The molecule has 0 amide bonds. The van der Waals surface area contributed by atoms with Gasteiger partial charge in [0, 0.05) is 16.7 Å². The molecular formula is C19H20BrClO4. The van der Waals surface area contributed by atoms with Crippen LogP contribution in [0.5, 0.6) is 11.5 Å². The molecule has 2 aromatic carbocycles. The highest BCUT2D eigenvalue weighted by Crippen LogP contribution is 2.33. The molecule has 134 valence electrons. The van der Waals surface area contributed by atoms with Crippen molar-refractivity contribution in [2.75, 3.05) is 7.11 Å². The summed E-state index contributed by atoms with van der Waals surface area (Å²) in [6.07, 6.45) is 0.868. The van der Waals surface area contributed by atoms with Crippen LogP contribution in [0.4, 0.5) is 4.79 Å². The SMILES string of the molecule is CCc1cc(Br)c(OCc2c(CC)cccc2OC(=O)OC)cc1Cl. The molecule has 0 aromatic heterocycles. The average Bonchev–Trinajstić information content (AvgIpc) is 2.62. The first-order valence-corrected chi connectivity index (χ1v) is 9.14. The molecule has 2 rings (SSSR count). The van der Waals surface area contributed by atoms with Crippen LogP contribution >= 0.6 is 27.5 Å². The van der Waals surface area contributed by atoms with Crippen molar-refractivity contribution >= 4 is 33.7 Å². The smallest absolute Gasteiger partial charge is 0.488 e. The molecule has 0 spiro atoms. The minimum Gasteiger partial charge on any atom is -0.488 e. The lowest BCUT2D eigenvalue weighted by Gasteiger charge is -2.16. The summed E-state index contributed by atoms with van der Waals surface area (Å²) in [7, 11) is 1.27. The summed E-state index contributed by atoms with van der Waals surface area (Å²) < 4.78 is 16.6. The number of methoxy groups -OCH3 is 1. The number of carbonyl (C=O) groups is 1. The van der Waals surface area contributed by atoms with Crippen molar-refractivity contribution in [1.82, 2.24) is 0 Å². The lowest BCUT2D eigenvalue weighted by molar-refractivity contribution is 0.120. The van der Waals surface area contributed by atoms with Crippen LogP contribution in [0.15, 0.2) is 34.8 Å². The number of rotatable bonds is 6. The van der Waals surface area contributed by atoms with Gasteiger partial charge in [0.2, 0.25) is 0 Å². The maximum absolute atomic E-state index is 11.5. The van der Waals surface area contributed by atoms with E-state index in [-0.39, 0.29) is 6.61 Å². The zero-order valence-electron chi connectivity index (χ0n) is 14.4. The van der Waals surface area contributed by atoms with Crippen molar-refractivity contribution in [3.05, 3.63) is 56.5 Å². The highest BCUT2D eigenvalue weighted by molar-refractivity contribution is 9.10. The summed E-state index contributed by atoms with van der Waals surface area (Å²) in [6.45, 7) is 4.32. The molecule has 25 heavy (non-hydrogen) atoms. The van der Waals surface area contributed by atoms with E-state index in [2.05, 4.69) is 20.7 Å². The Bertz CT molecular complexity index is 761. The van der Waals surface area contributed by atoms with Gasteiger partial charge in [-0.25, -0.2) is 4.79 Å². The fourth-order valence-corrected chi connectivity index (χ4v) is 3.23. The number of benzene rings is 2. The van der Waals surface area contributed by atoms with Crippen molar-refractivity contribution in [3.8, 4) is 11.5 Å². The Balaban J connectivity index is 2.28. The Hall–Kier alpha value is -1.72. The van der Waals surface area contributed by atoms with Crippen LogP contribution in [0.2, 0.25) is 5.02 Å². The van der Waals surface area contributed by atoms with Gasteiger partial charge in [0.25, 0.3) is 0 Å². The first kappa shape index (κ1) is 19.6. The van der Waals surface area contributed by atoms with E-state index in [1.807, 2.05) is 32.0 Å². The van der Waals surface area contributed by atoms with Gasteiger partial charge < -0.3 is 14.2 Å². The second-order valence-electron chi connectivity index (χ2n) is 5.32. The molecule has 0 N–H and O–H groups in total. The molecule has 4 nitrogen and oxygen atoms in total. The molecule has 0 aliphatic heterocycles. The molecule has 2 aromatic rings.